The van der Waals surface area contributed by atoms with Gasteiger partial charge in [-0.3, -0.25) is 0 Å². The van der Waals surface area contributed by atoms with E-state index in [0.717, 1.165) is 24.4 Å². The van der Waals surface area contributed by atoms with Gasteiger partial charge in [0.1, 0.15) is 11.6 Å². The lowest BCUT2D eigenvalue weighted by atomic mass is 10.2. The van der Waals surface area contributed by atoms with Gasteiger partial charge in [0.05, 0.1) is 5.02 Å². The standard InChI is InChI=1S/C12H14ClN3O/c13-10-3-1-2-9(12(10)17)8-14-5-4-11-15-6-7-16-11/h1-3,6-7,14,17H,4-5,8H2,(H,15,16). The fourth-order valence-corrected chi connectivity index (χ4v) is 1.76. The molecule has 0 saturated heterocycles. The first-order valence-corrected chi connectivity index (χ1v) is 5.80. The summed E-state index contributed by atoms with van der Waals surface area (Å²) in [6, 6.07) is 5.34. The van der Waals surface area contributed by atoms with Crippen molar-refractivity contribution < 1.29 is 5.11 Å². The van der Waals surface area contributed by atoms with Crippen molar-refractivity contribution in [2.75, 3.05) is 6.54 Å². The summed E-state index contributed by atoms with van der Waals surface area (Å²) in [5.41, 5.74) is 0.803. The second-order valence-electron chi connectivity index (χ2n) is 3.71. The van der Waals surface area contributed by atoms with E-state index in [2.05, 4.69) is 15.3 Å². The number of hydrogen-bond donors (Lipinski definition) is 3. The molecule has 2 rings (SSSR count). The van der Waals surface area contributed by atoms with Gasteiger partial charge in [0.15, 0.2) is 0 Å². The molecule has 3 N–H and O–H groups in total. The van der Waals surface area contributed by atoms with Gasteiger partial charge in [-0.25, -0.2) is 4.98 Å². The van der Waals surface area contributed by atoms with Crippen LogP contribution in [0.15, 0.2) is 30.6 Å². The summed E-state index contributed by atoms with van der Waals surface area (Å²) in [5, 5.41) is 13.3. The summed E-state index contributed by atoms with van der Waals surface area (Å²) in [6.07, 6.45) is 4.37. The van der Waals surface area contributed by atoms with Crippen LogP contribution in [0.25, 0.3) is 0 Å². The van der Waals surface area contributed by atoms with Crippen LogP contribution in [0.2, 0.25) is 5.02 Å². The highest BCUT2D eigenvalue weighted by atomic mass is 35.5. The Bertz CT molecular complexity index is 471. The molecule has 0 atom stereocenters. The second-order valence-corrected chi connectivity index (χ2v) is 4.12. The van der Waals surface area contributed by atoms with E-state index in [-0.39, 0.29) is 5.75 Å². The molecule has 90 valence electrons. The highest BCUT2D eigenvalue weighted by molar-refractivity contribution is 6.32. The number of phenolic OH excluding ortho intramolecular Hbond substituents is 1. The molecule has 4 nitrogen and oxygen atoms in total. The molecule has 0 amide bonds. The molecule has 0 bridgehead atoms. The predicted molar refractivity (Wildman–Crippen MR) is 67.1 cm³/mol. The van der Waals surface area contributed by atoms with Gasteiger partial charge < -0.3 is 15.4 Å². The molecule has 5 heteroatoms. The molecular formula is C12H14ClN3O. The Kier molecular flexibility index (Phi) is 4.01. The van der Waals surface area contributed by atoms with Crippen LogP contribution in [0.4, 0.5) is 0 Å². The molecule has 0 unspecified atom stereocenters. The number of nitrogens with zero attached hydrogens (tertiary/aromatic N) is 1. The number of imidazole rings is 1. The Labute approximate surface area is 105 Å². The number of halogens is 1. The Morgan fingerprint density at radius 2 is 2.29 bits per heavy atom. The van der Waals surface area contributed by atoms with Crippen molar-refractivity contribution >= 4 is 11.6 Å². The van der Waals surface area contributed by atoms with E-state index in [1.165, 1.54) is 0 Å². The van der Waals surface area contributed by atoms with Crippen LogP contribution in [0.5, 0.6) is 5.75 Å². The average Bonchev–Trinajstić information content (AvgIpc) is 2.83. The van der Waals surface area contributed by atoms with E-state index in [9.17, 15) is 5.11 Å². The molecule has 0 aliphatic carbocycles. The molecule has 0 aliphatic rings. The third kappa shape index (κ3) is 3.22. The number of aromatic amines is 1. The van der Waals surface area contributed by atoms with Crippen molar-refractivity contribution in [2.24, 2.45) is 0 Å². The predicted octanol–water partition coefficient (Wildman–Crippen LogP) is 2.10. The van der Waals surface area contributed by atoms with Crippen molar-refractivity contribution in [1.29, 1.82) is 0 Å². The number of phenols is 1. The summed E-state index contributed by atoms with van der Waals surface area (Å²) >= 11 is 5.82. The van der Waals surface area contributed by atoms with Gasteiger partial charge in [-0.1, -0.05) is 23.7 Å². The maximum Gasteiger partial charge on any atom is 0.138 e. The monoisotopic (exact) mass is 251 g/mol. The van der Waals surface area contributed by atoms with Gasteiger partial charge >= 0.3 is 0 Å². The largest absolute Gasteiger partial charge is 0.506 e. The van der Waals surface area contributed by atoms with E-state index in [1.807, 2.05) is 12.1 Å². The van der Waals surface area contributed by atoms with Gasteiger partial charge in [0.2, 0.25) is 0 Å². The molecule has 0 saturated carbocycles. The van der Waals surface area contributed by atoms with Crippen LogP contribution in [-0.2, 0) is 13.0 Å². The molecular weight excluding hydrogens is 238 g/mol. The minimum atomic E-state index is 0.152. The first-order chi connectivity index (χ1) is 8.27. The lowest BCUT2D eigenvalue weighted by Crippen LogP contribution is -2.17. The van der Waals surface area contributed by atoms with Crippen molar-refractivity contribution in [3.05, 3.63) is 47.0 Å². The van der Waals surface area contributed by atoms with Gasteiger partial charge in [0.25, 0.3) is 0 Å². The number of aromatic hydroxyl groups is 1. The Morgan fingerprint density at radius 3 is 3.06 bits per heavy atom. The molecule has 1 aromatic carbocycles. The van der Waals surface area contributed by atoms with E-state index in [4.69, 9.17) is 11.6 Å². The zero-order valence-electron chi connectivity index (χ0n) is 9.28. The van der Waals surface area contributed by atoms with E-state index in [1.54, 1.807) is 18.5 Å². The minimum absolute atomic E-state index is 0.152. The number of nitrogens with one attached hydrogen (secondary N) is 2. The third-order valence-electron chi connectivity index (χ3n) is 2.48. The van der Waals surface area contributed by atoms with Crippen LogP contribution < -0.4 is 5.32 Å². The van der Waals surface area contributed by atoms with Crippen molar-refractivity contribution in [3.63, 3.8) is 0 Å². The first-order valence-electron chi connectivity index (χ1n) is 5.42. The van der Waals surface area contributed by atoms with Crippen LogP contribution in [-0.4, -0.2) is 21.6 Å². The van der Waals surface area contributed by atoms with Crippen molar-refractivity contribution in [3.8, 4) is 5.75 Å². The van der Waals surface area contributed by atoms with E-state index >= 15 is 0 Å². The summed E-state index contributed by atoms with van der Waals surface area (Å²) in [6.45, 7) is 1.38. The second kappa shape index (κ2) is 5.70. The SMILES string of the molecule is Oc1c(Cl)cccc1CNCCc1ncc[nH]1. The molecule has 0 radical (unpaired) electrons. The highest BCUT2D eigenvalue weighted by Gasteiger charge is 2.04. The zero-order chi connectivity index (χ0) is 12.1. The Morgan fingerprint density at radius 1 is 1.41 bits per heavy atom. The number of para-hydroxylation sites is 1. The fraction of sp³-hybridized carbons (Fsp3) is 0.250. The number of benzene rings is 1. The molecule has 17 heavy (non-hydrogen) atoms. The maximum absolute atomic E-state index is 9.69. The van der Waals surface area contributed by atoms with Gasteiger partial charge in [0, 0.05) is 37.5 Å². The summed E-state index contributed by atoms with van der Waals surface area (Å²) < 4.78 is 0. The van der Waals surface area contributed by atoms with Gasteiger partial charge in [-0.2, -0.15) is 0 Å². The highest BCUT2D eigenvalue weighted by Crippen LogP contribution is 2.26. The van der Waals surface area contributed by atoms with Crippen LogP contribution in [0.3, 0.4) is 0 Å². The van der Waals surface area contributed by atoms with E-state index in [0.29, 0.717) is 11.6 Å². The topological polar surface area (TPSA) is 60.9 Å². The Hall–Kier alpha value is -1.52. The van der Waals surface area contributed by atoms with E-state index < -0.39 is 0 Å². The number of rotatable bonds is 5. The molecule has 1 heterocycles. The first kappa shape index (κ1) is 12.0. The number of hydrogen-bond acceptors (Lipinski definition) is 3. The van der Waals surface area contributed by atoms with Crippen LogP contribution in [0.1, 0.15) is 11.4 Å². The summed E-state index contributed by atoms with van der Waals surface area (Å²) in [7, 11) is 0. The number of aromatic nitrogens is 2. The summed E-state index contributed by atoms with van der Waals surface area (Å²) in [5.74, 6) is 1.10. The quantitative estimate of drug-likeness (QED) is 0.714. The van der Waals surface area contributed by atoms with Crippen molar-refractivity contribution in [2.45, 2.75) is 13.0 Å². The van der Waals surface area contributed by atoms with Gasteiger partial charge in [-0.15, -0.1) is 0 Å². The average molecular weight is 252 g/mol. The molecule has 0 fully saturated rings. The lowest BCUT2D eigenvalue weighted by Gasteiger charge is -2.07. The summed E-state index contributed by atoms with van der Waals surface area (Å²) in [4.78, 5) is 7.16. The molecule has 0 spiro atoms. The van der Waals surface area contributed by atoms with Gasteiger partial charge in [-0.05, 0) is 6.07 Å². The minimum Gasteiger partial charge on any atom is -0.506 e. The third-order valence-corrected chi connectivity index (χ3v) is 2.78. The zero-order valence-corrected chi connectivity index (χ0v) is 10.0. The Balaban J connectivity index is 1.80. The molecule has 0 aliphatic heterocycles. The fourth-order valence-electron chi connectivity index (χ4n) is 1.57. The van der Waals surface area contributed by atoms with Crippen LogP contribution >= 0.6 is 11.6 Å². The normalized spacial score (nSPS) is 10.6. The van der Waals surface area contributed by atoms with Crippen molar-refractivity contribution in [1.82, 2.24) is 15.3 Å². The number of H-pyrrole nitrogens is 1. The lowest BCUT2D eigenvalue weighted by molar-refractivity contribution is 0.465. The molecule has 1 aromatic heterocycles. The molecule has 2 aromatic rings. The smallest absolute Gasteiger partial charge is 0.138 e. The van der Waals surface area contributed by atoms with Crippen LogP contribution in [0, 0.1) is 0 Å². The maximum atomic E-state index is 9.69.